The summed E-state index contributed by atoms with van der Waals surface area (Å²) >= 11 is 0. The molecule has 124 valence electrons. The molecule has 2 rings (SSSR count). The molecule has 0 amide bonds. The van der Waals surface area contributed by atoms with Crippen LogP contribution in [0.2, 0.25) is 0 Å². The third-order valence-electron chi connectivity index (χ3n) is 4.86. The van der Waals surface area contributed by atoms with Gasteiger partial charge in [-0.3, -0.25) is 9.80 Å². The van der Waals surface area contributed by atoms with E-state index in [1.54, 1.807) is 0 Å². The molecule has 0 aliphatic carbocycles. The van der Waals surface area contributed by atoms with Gasteiger partial charge in [-0.25, -0.2) is 0 Å². The third-order valence-corrected chi connectivity index (χ3v) is 4.86. The molecule has 0 aromatic heterocycles. The molecule has 4 unspecified atom stereocenters. The Bertz CT molecular complexity index is 353. The number of halogens is 3. The number of alkyl halides is 3. The molecule has 2 heterocycles. The first-order chi connectivity index (χ1) is 9.49. The van der Waals surface area contributed by atoms with Crippen LogP contribution in [-0.2, 0) is 0 Å². The summed E-state index contributed by atoms with van der Waals surface area (Å²) < 4.78 is 37.6. The largest absolute Gasteiger partial charge is 0.389 e. The zero-order chi connectivity index (χ0) is 16.0. The Morgan fingerprint density at radius 2 is 1.57 bits per heavy atom. The molecule has 4 atom stereocenters. The van der Waals surface area contributed by atoms with Gasteiger partial charge in [0.1, 0.15) is 6.23 Å². The highest BCUT2D eigenvalue weighted by Crippen LogP contribution is 2.37. The molecule has 2 saturated heterocycles. The average Bonchev–Trinajstić information content (AvgIpc) is 2.54. The van der Waals surface area contributed by atoms with Crippen LogP contribution in [0, 0.1) is 5.92 Å². The highest BCUT2D eigenvalue weighted by Gasteiger charge is 2.47. The Kier molecular flexibility index (Phi) is 4.63. The molecular formula is C15H27F3N2O. The first-order valence-electron chi connectivity index (χ1n) is 7.76. The van der Waals surface area contributed by atoms with Crippen LogP contribution < -0.4 is 0 Å². The average molecular weight is 308 g/mol. The Hall–Kier alpha value is -0.330. The van der Waals surface area contributed by atoms with E-state index in [1.165, 1.54) is 6.92 Å². The Balaban J connectivity index is 2.03. The normalized spacial score (nSPS) is 31.4. The zero-order valence-electron chi connectivity index (χ0n) is 13.3. The van der Waals surface area contributed by atoms with E-state index in [-0.39, 0.29) is 17.6 Å². The van der Waals surface area contributed by atoms with Gasteiger partial charge in [-0.2, -0.15) is 13.2 Å². The van der Waals surface area contributed by atoms with Crippen molar-refractivity contribution in [3.8, 4) is 0 Å². The van der Waals surface area contributed by atoms with Gasteiger partial charge in [0.25, 0.3) is 0 Å². The number of likely N-dealkylation sites (tertiary alicyclic amines) is 1. The van der Waals surface area contributed by atoms with E-state index in [1.807, 2.05) is 4.90 Å². The second-order valence-electron chi connectivity index (χ2n) is 7.62. The molecule has 2 fully saturated rings. The molecule has 0 spiro atoms. The SMILES string of the molecule is CC(CC(F)(F)F)C(O)N1C2CCC1CN(C(C)(C)C)C2. The second-order valence-corrected chi connectivity index (χ2v) is 7.62. The summed E-state index contributed by atoms with van der Waals surface area (Å²) in [7, 11) is 0. The summed E-state index contributed by atoms with van der Waals surface area (Å²) in [6.07, 6.45) is -4.20. The molecule has 2 aliphatic rings. The second kappa shape index (κ2) is 5.70. The number of hydrogen-bond donors (Lipinski definition) is 1. The number of fused-ring (bicyclic) bond motifs is 2. The van der Waals surface area contributed by atoms with Gasteiger partial charge in [0.05, 0.1) is 0 Å². The van der Waals surface area contributed by atoms with Crippen molar-refractivity contribution in [2.75, 3.05) is 13.1 Å². The molecule has 0 radical (unpaired) electrons. The Morgan fingerprint density at radius 3 is 1.95 bits per heavy atom. The fraction of sp³-hybridized carbons (Fsp3) is 1.00. The van der Waals surface area contributed by atoms with Crippen molar-refractivity contribution >= 4 is 0 Å². The minimum Gasteiger partial charge on any atom is -0.378 e. The molecule has 21 heavy (non-hydrogen) atoms. The van der Waals surface area contributed by atoms with Gasteiger partial charge < -0.3 is 5.11 Å². The molecule has 0 aromatic carbocycles. The number of rotatable bonds is 3. The van der Waals surface area contributed by atoms with Crippen molar-refractivity contribution in [2.24, 2.45) is 5.92 Å². The number of piperazine rings is 1. The molecule has 1 N–H and O–H groups in total. The highest BCUT2D eigenvalue weighted by molar-refractivity contribution is 5.00. The van der Waals surface area contributed by atoms with Gasteiger partial charge in [-0.05, 0) is 33.6 Å². The number of aliphatic hydroxyl groups is 1. The van der Waals surface area contributed by atoms with Crippen LogP contribution >= 0.6 is 0 Å². The minimum absolute atomic E-state index is 0.0649. The smallest absolute Gasteiger partial charge is 0.378 e. The summed E-state index contributed by atoms with van der Waals surface area (Å²) in [5.41, 5.74) is 0.0649. The maximum absolute atomic E-state index is 12.5. The summed E-state index contributed by atoms with van der Waals surface area (Å²) in [5.74, 6) is -0.783. The van der Waals surface area contributed by atoms with Crippen molar-refractivity contribution in [3.63, 3.8) is 0 Å². The Morgan fingerprint density at radius 1 is 1.10 bits per heavy atom. The summed E-state index contributed by atoms with van der Waals surface area (Å²) in [4.78, 5) is 4.33. The van der Waals surface area contributed by atoms with Gasteiger partial charge in [0.15, 0.2) is 0 Å². The maximum Gasteiger partial charge on any atom is 0.389 e. The van der Waals surface area contributed by atoms with Crippen molar-refractivity contribution in [1.29, 1.82) is 0 Å². The molecule has 2 aliphatic heterocycles. The first-order valence-corrected chi connectivity index (χ1v) is 7.76. The topological polar surface area (TPSA) is 26.7 Å². The van der Waals surface area contributed by atoms with Gasteiger partial charge in [-0.1, -0.05) is 6.92 Å². The standard InChI is InChI=1S/C15H27F3N2O/c1-10(7-15(16,17)18)13(21)20-11-5-6-12(20)9-19(8-11)14(2,3)4/h10-13,21H,5-9H2,1-4H3. The van der Waals surface area contributed by atoms with Crippen LogP contribution in [0.4, 0.5) is 13.2 Å². The lowest BCUT2D eigenvalue weighted by atomic mass is 9.99. The van der Waals surface area contributed by atoms with Crippen LogP contribution in [-0.4, -0.2) is 58.0 Å². The van der Waals surface area contributed by atoms with E-state index >= 15 is 0 Å². The van der Waals surface area contributed by atoms with Crippen molar-refractivity contribution in [1.82, 2.24) is 9.80 Å². The molecule has 0 saturated carbocycles. The lowest BCUT2D eigenvalue weighted by Crippen LogP contribution is -2.62. The lowest BCUT2D eigenvalue weighted by Gasteiger charge is -2.49. The van der Waals surface area contributed by atoms with E-state index < -0.39 is 24.7 Å². The zero-order valence-corrected chi connectivity index (χ0v) is 13.3. The van der Waals surface area contributed by atoms with E-state index in [0.717, 1.165) is 25.9 Å². The van der Waals surface area contributed by atoms with Crippen molar-refractivity contribution in [2.45, 2.75) is 77.0 Å². The minimum atomic E-state index is -4.22. The molecule has 6 heteroatoms. The lowest BCUT2D eigenvalue weighted by molar-refractivity contribution is -0.171. The van der Waals surface area contributed by atoms with Crippen LogP contribution in [0.3, 0.4) is 0 Å². The van der Waals surface area contributed by atoms with Gasteiger partial charge in [0.2, 0.25) is 0 Å². The highest BCUT2D eigenvalue weighted by atomic mass is 19.4. The number of hydrogen-bond acceptors (Lipinski definition) is 3. The van der Waals surface area contributed by atoms with E-state index in [4.69, 9.17) is 0 Å². The van der Waals surface area contributed by atoms with Gasteiger partial charge >= 0.3 is 6.18 Å². The van der Waals surface area contributed by atoms with Crippen LogP contribution in [0.5, 0.6) is 0 Å². The van der Waals surface area contributed by atoms with E-state index in [9.17, 15) is 18.3 Å². The van der Waals surface area contributed by atoms with Crippen LogP contribution in [0.15, 0.2) is 0 Å². The molecule has 0 aromatic rings. The van der Waals surface area contributed by atoms with E-state index in [2.05, 4.69) is 25.7 Å². The first kappa shape index (κ1) is 17.0. The van der Waals surface area contributed by atoms with Crippen molar-refractivity contribution in [3.05, 3.63) is 0 Å². The van der Waals surface area contributed by atoms with Crippen LogP contribution in [0.1, 0.15) is 47.0 Å². The van der Waals surface area contributed by atoms with Gasteiger partial charge in [-0.15, -0.1) is 0 Å². The molecule has 2 bridgehead atoms. The Labute approximate surface area is 125 Å². The molecular weight excluding hydrogens is 281 g/mol. The predicted molar refractivity (Wildman–Crippen MR) is 75.8 cm³/mol. The maximum atomic E-state index is 12.5. The summed E-state index contributed by atoms with van der Waals surface area (Å²) in [5, 5.41) is 10.4. The third kappa shape index (κ3) is 3.90. The van der Waals surface area contributed by atoms with Gasteiger partial charge in [0, 0.05) is 43.1 Å². The fourth-order valence-electron chi connectivity index (χ4n) is 3.68. The monoisotopic (exact) mass is 308 g/mol. The summed E-state index contributed by atoms with van der Waals surface area (Å²) in [6, 6.07) is 0.349. The predicted octanol–water partition coefficient (Wildman–Crippen LogP) is 2.84. The summed E-state index contributed by atoms with van der Waals surface area (Å²) in [6.45, 7) is 9.62. The van der Waals surface area contributed by atoms with Crippen LogP contribution in [0.25, 0.3) is 0 Å². The number of nitrogens with zero attached hydrogens (tertiary/aromatic N) is 2. The fourth-order valence-corrected chi connectivity index (χ4v) is 3.68. The number of aliphatic hydroxyl groups excluding tert-OH is 1. The quantitative estimate of drug-likeness (QED) is 0.868. The van der Waals surface area contributed by atoms with Crippen molar-refractivity contribution < 1.29 is 18.3 Å². The van der Waals surface area contributed by atoms with E-state index in [0.29, 0.717) is 0 Å². The molecule has 3 nitrogen and oxygen atoms in total.